The number of allylic oxidation sites excluding steroid dienone is 2. The average Bonchev–Trinajstić information content (AvgIpc) is 2.66. The van der Waals surface area contributed by atoms with Crippen LogP contribution in [0, 0.1) is 5.41 Å². The second kappa shape index (κ2) is 5.78. The lowest BCUT2D eigenvalue weighted by Crippen LogP contribution is -2.34. The molecule has 3 heteroatoms. The zero-order valence-electron chi connectivity index (χ0n) is 15.6. The number of aromatic nitrogens is 1. The second-order valence-electron chi connectivity index (χ2n) is 8.39. The molecule has 1 aromatic heterocycles. The molecule has 0 fully saturated rings. The quantitative estimate of drug-likeness (QED) is 0.633. The van der Waals surface area contributed by atoms with Crippen LogP contribution in [0.1, 0.15) is 43.9 Å². The number of hydrogen-bond donors (Lipinski definition) is 1. The van der Waals surface area contributed by atoms with Crippen molar-refractivity contribution in [2.45, 2.75) is 32.6 Å². The molecule has 1 N–H and O–H groups in total. The number of fused-ring (bicyclic) bond motifs is 3. The number of carbonyl (C=O) groups excluding carboxylic acids is 1. The van der Waals surface area contributed by atoms with Gasteiger partial charge in [-0.15, -0.1) is 0 Å². The Morgan fingerprint density at radius 1 is 1.00 bits per heavy atom. The third-order valence-electron chi connectivity index (χ3n) is 5.74. The van der Waals surface area contributed by atoms with E-state index >= 15 is 0 Å². The summed E-state index contributed by atoms with van der Waals surface area (Å²) in [5.74, 6) is 0.120. The summed E-state index contributed by atoms with van der Waals surface area (Å²) < 4.78 is 0. The van der Waals surface area contributed by atoms with Crippen LogP contribution in [0.25, 0.3) is 10.8 Å². The Hall–Kier alpha value is -2.94. The van der Waals surface area contributed by atoms with Gasteiger partial charge in [0.05, 0.1) is 11.6 Å². The molecule has 5 rings (SSSR count). The molecule has 0 radical (unpaired) electrons. The van der Waals surface area contributed by atoms with Crippen molar-refractivity contribution < 1.29 is 4.79 Å². The van der Waals surface area contributed by atoms with Crippen LogP contribution in [0.4, 0.5) is 5.69 Å². The van der Waals surface area contributed by atoms with E-state index < -0.39 is 0 Å². The smallest absolute Gasteiger partial charge is 0.162 e. The van der Waals surface area contributed by atoms with Crippen LogP contribution >= 0.6 is 0 Å². The van der Waals surface area contributed by atoms with Gasteiger partial charge in [-0.05, 0) is 46.4 Å². The zero-order chi connectivity index (χ0) is 18.6. The van der Waals surface area contributed by atoms with Crippen molar-refractivity contribution in [1.82, 2.24) is 4.98 Å². The van der Waals surface area contributed by atoms with Crippen molar-refractivity contribution in [1.29, 1.82) is 0 Å². The van der Waals surface area contributed by atoms with Crippen molar-refractivity contribution in [3.63, 3.8) is 0 Å². The van der Waals surface area contributed by atoms with Crippen LogP contribution in [0.5, 0.6) is 0 Å². The van der Waals surface area contributed by atoms with Gasteiger partial charge in [-0.25, -0.2) is 0 Å². The highest BCUT2D eigenvalue weighted by molar-refractivity contribution is 6.04. The van der Waals surface area contributed by atoms with Crippen molar-refractivity contribution >= 4 is 22.2 Å². The fraction of sp³-hybridized carbons (Fsp3) is 0.250. The molecule has 27 heavy (non-hydrogen) atoms. The van der Waals surface area contributed by atoms with E-state index in [4.69, 9.17) is 0 Å². The maximum Gasteiger partial charge on any atom is 0.162 e. The van der Waals surface area contributed by atoms with Gasteiger partial charge >= 0.3 is 0 Å². The molecule has 1 aliphatic carbocycles. The van der Waals surface area contributed by atoms with Gasteiger partial charge in [0.2, 0.25) is 0 Å². The number of nitrogens with one attached hydrogen (secondary N) is 1. The molecule has 0 bridgehead atoms. The molecule has 3 nitrogen and oxygen atoms in total. The summed E-state index contributed by atoms with van der Waals surface area (Å²) in [5, 5.41) is 5.98. The topological polar surface area (TPSA) is 42.0 Å². The Morgan fingerprint density at radius 3 is 2.63 bits per heavy atom. The number of ketones is 1. The minimum absolute atomic E-state index is 0.0219. The summed E-state index contributed by atoms with van der Waals surface area (Å²) in [5.41, 5.74) is 5.14. The monoisotopic (exact) mass is 354 g/mol. The minimum atomic E-state index is -0.118. The molecule has 134 valence electrons. The van der Waals surface area contributed by atoms with Crippen molar-refractivity contribution in [3.05, 3.63) is 83.3 Å². The van der Waals surface area contributed by atoms with E-state index in [1.54, 1.807) is 0 Å². The number of benzene rings is 2. The SMILES string of the molecule is CC1(C)CC(=O)C2=C(C1)Nc1ccc3ccccc3c1[C@@H]2c1ccccn1. The minimum Gasteiger partial charge on any atom is -0.358 e. The van der Waals surface area contributed by atoms with Gasteiger partial charge in [0.25, 0.3) is 0 Å². The summed E-state index contributed by atoms with van der Waals surface area (Å²) in [6.45, 7) is 4.34. The lowest BCUT2D eigenvalue weighted by atomic mass is 9.69. The van der Waals surface area contributed by atoms with Gasteiger partial charge in [0.1, 0.15) is 0 Å². The molecule has 2 aliphatic rings. The fourth-order valence-corrected chi connectivity index (χ4v) is 4.65. The molecular weight excluding hydrogens is 332 g/mol. The number of carbonyl (C=O) groups is 1. The highest BCUT2D eigenvalue weighted by Crippen LogP contribution is 2.50. The maximum atomic E-state index is 13.2. The molecule has 1 aliphatic heterocycles. The second-order valence-corrected chi connectivity index (χ2v) is 8.39. The largest absolute Gasteiger partial charge is 0.358 e. The summed E-state index contributed by atoms with van der Waals surface area (Å²) in [7, 11) is 0. The van der Waals surface area contributed by atoms with E-state index in [-0.39, 0.29) is 17.1 Å². The number of anilines is 1. The van der Waals surface area contributed by atoms with Crippen molar-refractivity contribution in [3.8, 4) is 0 Å². The van der Waals surface area contributed by atoms with E-state index in [1.165, 1.54) is 16.3 Å². The Morgan fingerprint density at radius 2 is 1.81 bits per heavy atom. The molecule has 1 atom stereocenters. The highest BCUT2D eigenvalue weighted by Gasteiger charge is 2.41. The van der Waals surface area contributed by atoms with Gasteiger partial charge in [0, 0.05) is 29.6 Å². The van der Waals surface area contributed by atoms with Gasteiger partial charge in [-0.3, -0.25) is 9.78 Å². The third kappa shape index (κ3) is 2.57. The van der Waals surface area contributed by atoms with Crippen LogP contribution < -0.4 is 5.32 Å². The normalized spacial score (nSPS) is 20.8. The number of Topliss-reactive ketones (excluding diaryl/α,β-unsaturated/α-hetero) is 1. The van der Waals surface area contributed by atoms with Crippen LogP contribution in [0.3, 0.4) is 0 Å². The first kappa shape index (κ1) is 16.2. The Bertz CT molecular complexity index is 1100. The lowest BCUT2D eigenvalue weighted by molar-refractivity contribution is -0.118. The summed E-state index contributed by atoms with van der Waals surface area (Å²) in [6, 6.07) is 18.7. The fourth-order valence-electron chi connectivity index (χ4n) is 4.65. The van der Waals surface area contributed by atoms with Crippen molar-refractivity contribution in [2.24, 2.45) is 5.41 Å². The number of nitrogens with zero attached hydrogens (tertiary/aromatic N) is 1. The zero-order valence-corrected chi connectivity index (χ0v) is 15.6. The molecule has 0 amide bonds. The van der Waals surface area contributed by atoms with E-state index in [2.05, 4.69) is 60.5 Å². The molecule has 0 saturated heterocycles. The first-order valence-electron chi connectivity index (χ1n) is 9.49. The Balaban J connectivity index is 1.82. The maximum absolute atomic E-state index is 13.2. The first-order valence-corrected chi connectivity index (χ1v) is 9.49. The third-order valence-corrected chi connectivity index (χ3v) is 5.74. The van der Waals surface area contributed by atoms with Crippen LogP contribution in [-0.4, -0.2) is 10.8 Å². The van der Waals surface area contributed by atoms with E-state index in [0.717, 1.165) is 29.1 Å². The molecule has 0 spiro atoms. The summed E-state index contributed by atoms with van der Waals surface area (Å²) in [6.07, 6.45) is 3.28. The Kier molecular flexibility index (Phi) is 3.48. The van der Waals surface area contributed by atoms with Crippen LogP contribution in [-0.2, 0) is 4.79 Å². The van der Waals surface area contributed by atoms with Crippen LogP contribution in [0.15, 0.2) is 72.1 Å². The van der Waals surface area contributed by atoms with Gasteiger partial charge in [-0.1, -0.05) is 50.2 Å². The molecule has 3 aromatic rings. The number of pyridine rings is 1. The molecule has 2 heterocycles. The standard InChI is InChI=1S/C24H22N2O/c1-24(2)13-19-22(20(27)14-24)23(17-9-5-6-12-25-17)21-16-8-4-3-7-15(16)10-11-18(21)26-19/h3-12,23,26H,13-14H2,1-2H3/t23-/m0/s1. The van der Waals surface area contributed by atoms with Crippen LogP contribution in [0.2, 0.25) is 0 Å². The van der Waals surface area contributed by atoms with Gasteiger partial charge in [0.15, 0.2) is 5.78 Å². The lowest BCUT2D eigenvalue weighted by Gasteiger charge is -2.39. The van der Waals surface area contributed by atoms with Gasteiger partial charge in [-0.2, -0.15) is 0 Å². The average molecular weight is 354 g/mol. The van der Waals surface area contributed by atoms with Gasteiger partial charge < -0.3 is 5.32 Å². The molecular formula is C24H22N2O. The van der Waals surface area contributed by atoms with Crippen molar-refractivity contribution in [2.75, 3.05) is 5.32 Å². The van der Waals surface area contributed by atoms with E-state index in [0.29, 0.717) is 6.42 Å². The Labute approximate surface area is 159 Å². The first-order chi connectivity index (χ1) is 13.0. The van der Waals surface area contributed by atoms with E-state index in [1.807, 2.05) is 24.4 Å². The summed E-state index contributed by atoms with van der Waals surface area (Å²) in [4.78, 5) is 17.9. The predicted molar refractivity (Wildman–Crippen MR) is 109 cm³/mol. The highest BCUT2D eigenvalue weighted by atomic mass is 16.1. The van der Waals surface area contributed by atoms with E-state index in [9.17, 15) is 4.79 Å². The number of rotatable bonds is 1. The molecule has 2 aromatic carbocycles. The number of hydrogen-bond acceptors (Lipinski definition) is 3. The predicted octanol–water partition coefficient (Wildman–Crippen LogP) is 5.44. The molecule has 0 unspecified atom stereocenters. The summed E-state index contributed by atoms with van der Waals surface area (Å²) >= 11 is 0. The molecule has 0 saturated carbocycles.